The molecule has 0 amide bonds. The third-order valence-corrected chi connectivity index (χ3v) is 3.98. The van der Waals surface area contributed by atoms with Crippen molar-refractivity contribution in [3.8, 4) is 11.3 Å². The molecule has 3 heteroatoms. The van der Waals surface area contributed by atoms with E-state index in [4.69, 9.17) is 0 Å². The summed E-state index contributed by atoms with van der Waals surface area (Å²) in [4.78, 5) is 12.6. The van der Waals surface area contributed by atoms with Gasteiger partial charge in [-0.2, -0.15) is 12.6 Å². The standard InChI is InChI=1S/C18H23NOS/c1-12(2)10-19-17(8-7-15(11-21)18(19)20)16-9-13(3)5-6-14(16)4/h5-9,12,21H,10-11H2,1-4H3. The molecule has 0 radical (unpaired) electrons. The highest BCUT2D eigenvalue weighted by molar-refractivity contribution is 7.79. The average molecular weight is 301 g/mol. The lowest BCUT2D eigenvalue weighted by Crippen LogP contribution is -2.26. The van der Waals surface area contributed by atoms with E-state index < -0.39 is 0 Å². The number of pyridine rings is 1. The van der Waals surface area contributed by atoms with Crippen LogP contribution in [0.3, 0.4) is 0 Å². The van der Waals surface area contributed by atoms with Gasteiger partial charge in [0, 0.05) is 23.4 Å². The van der Waals surface area contributed by atoms with Gasteiger partial charge in [0.15, 0.2) is 0 Å². The fourth-order valence-corrected chi connectivity index (χ4v) is 2.78. The maximum Gasteiger partial charge on any atom is 0.255 e. The molecule has 0 atom stereocenters. The van der Waals surface area contributed by atoms with Crippen molar-refractivity contribution in [1.82, 2.24) is 4.57 Å². The van der Waals surface area contributed by atoms with E-state index in [1.54, 1.807) is 0 Å². The Hall–Kier alpha value is -1.48. The Morgan fingerprint density at radius 2 is 1.86 bits per heavy atom. The molecule has 2 rings (SSSR count). The van der Waals surface area contributed by atoms with E-state index in [0.717, 1.165) is 23.4 Å². The first-order valence-electron chi connectivity index (χ1n) is 7.35. The fourth-order valence-electron chi connectivity index (χ4n) is 2.54. The minimum absolute atomic E-state index is 0.0807. The van der Waals surface area contributed by atoms with E-state index in [2.05, 4.69) is 64.6 Å². The minimum atomic E-state index is 0.0807. The molecule has 0 aliphatic carbocycles. The molecule has 0 N–H and O–H groups in total. The van der Waals surface area contributed by atoms with Crippen molar-refractivity contribution in [2.24, 2.45) is 5.92 Å². The molecule has 0 aliphatic heterocycles. The normalized spacial score (nSPS) is 11.1. The Kier molecular flexibility index (Phi) is 4.94. The van der Waals surface area contributed by atoms with Gasteiger partial charge in [-0.25, -0.2) is 0 Å². The molecule has 0 saturated heterocycles. The topological polar surface area (TPSA) is 22.0 Å². The van der Waals surface area contributed by atoms with Gasteiger partial charge >= 0.3 is 0 Å². The van der Waals surface area contributed by atoms with Crippen LogP contribution >= 0.6 is 12.6 Å². The second-order valence-corrected chi connectivity index (χ2v) is 6.35. The highest BCUT2D eigenvalue weighted by atomic mass is 32.1. The Morgan fingerprint density at radius 3 is 2.48 bits per heavy atom. The van der Waals surface area contributed by atoms with Crippen LogP contribution in [0.5, 0.6) is 0 Å². The van der Waals surface area contributed by atoms with E-state index in [9.17, 15) is 4.79 Å². The summed E-state index contributed by atoms with van der Waals surface area (Å²) >= 11 is 4.26. The molecule has 21 heavy (non-hydrogen) atoms. The van der Waals surface area contributed by atoms with Crippen molar-refractivity contribution >= 4 is 12.6 Å². The summed E-state index contributed by atoms with van der Waals surface area (Å²) in [6, 6.07) is 10.3. The highest BCUT2D eigenvalue weighted by Gasteiger charge is 2.13. The van der Waals surface area contributed by atoms with Crippen LogP contribution in [-0.2, 0) is 12.3 Å². The molecular formula is C18H23NOS. The second-order valence-electron chi connectivity index (χ2n) is 6.03. The number of thiol groups is 1. The molecule has 1 heterocycles. The lowest BCUT2D eigenvalue weighted by Gasteiger charge is -2.18. The van der Waals surface area contributed by atoms with E-state index in [1.165, 1.54) is 11.1 Å². The quantitative estimate of drug-likeness (QED) is 0.839. The Balaban J connectivity index is 2.70. The van der Waals surface area contributed by atoms with Crippen LogP contribution in [-0.4, -0.2) is 4.57 Å². The Bertz CT molecular complexity index is 701. The van der Waals surface area contributed by atoms with Crippen molar-refractivity contribution in [2.75, 3.05) is 0 Å². The molecule has 0 bridgehead atoms. The van der Waals surface area contributed by atoms with Crippen LogP contribution in [0.4, 0.5) is 0 Å². The summed E-state index contributed by atoms with van der Waals surface area (Å²) < 4.78 is 1.90. The molecule has 2 aromatic rings. The van der Waals surface area contributed by atoms with Gasteiger partial charge in [-0.05, 0) is 37.5 Å². The zero-order valence-corrected chi connectivity index (χ0v) is 14.1. The summed E-state index contributed by atoms with van der Waals surface area (Å²) in [5, 5.41) is 0. The first-order valence-corrected chi connectivity index (χ1v) is 7.98. The number of benzene rings is 1. The van der Waals surface area contributed by atoms with Crippen molar-refractivity contribution in [3.63, 3.8) is 0 Å². The van der Waals surface area contributed by atoms with Gasteiger partial charge in [-0.1, -0.05) is 37.6 Å². The smallest absolute Gasteiger partial charge is 0.255 e. The van der Waals surface area contributed by atoms with E-state index in [1.807, 2.05) is 10.6 Å². The summed E-state index contributed by atoms with van der Waals surface area (Å²) in [6.07, 6.45) is 0. The third-order valence-electron chi connectivity index (χ3n) is 3.64. The predicted molar refractivity (Wildman–Crippen MR) is 93.1 cm³/mol. The molecule has 112 valence electrons. The number of aromatic nitrogens is 1. The van der Waals surface area contributed by atoms with Gasteiger partial charge in [-0.15, -0.1) is 0 Å². The van der Waals surface area contributed by atoms with Crippen molar-refractivity contribution in [2.45, 2.75) is 40.0 Å². The van der Waals surface area contributed by atoms with Crippen LogP contribution in [0, 0.1) is 19.8 Å². The van der Waals surface area contributed by atoms with Crippen molar-refractivity contribution < 1.29 is 0 Å². The zero-order chi connectivity index (χ0) is 15.6. The van der Waals surface area contributed by atoms with E-state index in [-0.39, 0.29) is 5.56 Å². The van der Waals surface area contributed by atoms with Crippen LogP contribution in [0.25, 0.3) is 11.3 Å². The van der Waals surface area contributed by atoms with Crippen LogP contribution in [0.2, 0.25) is 0 Å². The minimum Gasteiger partial charge on any atom is -0.308 e. The second kappa shape index (κ2) is 6.52. The maximum atomic E-state index is 12.6. The molecule has 1 aromatic carbocycles. The molecule has 0 aliphatic rings. The number of hydrogen-bond donors (Lipinski definition) is 1. The van der Waals surface area contributed by atoms with E-state index >= 15 is 0 Å². The van der Waals surface area contributed by atoms with Gasteiger partial charge in [0.25, 0.3) is 5.56 Å². The third kappa shape index (κ3) is 3.41. The number of nitrogens with zero attached hydrogens (tertiary/aromatic N) is 1. The monoisotopic (exact) mass is 301 g/mol. The van der Waals surface area contributed by atoms with Crippen LogP contribution in [0.15, 0.2) is 35.1 Å². The van der Waals surface area contributed by atoms with Crippen molar-refractivity contribution in [1.29, 1.82) is 0 Å². The first-order chi connectivity index (χ1) is 9.93. The van der Waals surface area contributed by atoms with Gasteiger partial charge in [0.1, 0.15) is 0 Å². The Morgan fingerprint density at radius 1 is 1.14 bits per heavy atom. The molecule has 1 aromatic heterocycles. The lowest BCUT2D eigenvalue weighted by molar-refractivity contribution is 0.513. The fraction of sp³-hybridized carbons (Fsp3) is 0.389. The number of aryl methyl sites for hydroxylation is 2. The molecule has 0 spiro atoms. The molecule has 0 saturated carbocycles. The summed E-state index contributed by atoms with van der Waals surface area (Å²) in [5.74, 6) is 0.894. The predicted octanol–water partition coefficient (Wildman–Crippen LogP) is 4.22. The van der Waals surface area contributed by atoms with Crippen molar-refractivity contribution in [3.05, 3.63) is 57.4 Å². The average Bonchev–Trinajstić information content (AvgIpc) is 2.43. The van der Waals surface area contributed by atoms with Crippen LogP contribution < -0.4 is 5.56 Å². The molecule has 0 unspecified atom stereocenters. The SMILES string of the molecule is Cc1ccc(C)c(-c2ccc(CS)c(=O)n2CC(C)C)c1. The summed E-state index contributed by atoms with van der Waals surface area (Å²) in [7, 11) is 0. The number of rotatable bonds is 4. The molecule has 0 fully saturated rings. The summed E-state index contributed by atoms with van der Waals surface area (Å²) in [5.41, 5.74) is 5.37. The largest absolute Gasteiger partial charge is 0.308 e. The molecule has 2 nitrogen and oxygen atoms in total. The summed E-state index contributed by atoms with van der Waals surface area (Å²) in [6.45, 7) is 9.16. The zero-order valence-electron chi connectivity index (χ0n) is 13.2. The van der Waals surface area contributed by atoms with Crippen LogP contribution in [0.1, 0.15) is 30.5 Å². The maximum absolute atomic E-state index is 12.6. The van der Waals surface area contributed by atoms with Gasteiger partial charge < -0.3 is 4.57 Å². The molecular weight excluding hydrogens is 278 g/mol. The van der Waals surface area contributed by atoms with Gasteiger partial charge in [0.05, 0.1) is 5.69 Å². The van der Waals surface area contributed by atoms with E-state index in [0.29, 0.717) is 11.7 Å². The number of hydrogen-bond acceptors (Lipinski definition) is 2. The lowest BCUT2D eigenvalue weighted by atomic mass is 10.0. The Labute approximate surface area is 132 Å². The first kappa shape index (κ1) is 15.9. The highest BCUT2D eigenvalue weighted by Crippen LogP contribution is 2.24. The van der Waals surface area contributed by atoms with Gasteiger partial charge in [0.2, 0.25) is 0 Å². The van der Waals surface area contributed by atoms with Gasteiger partial charge in [-0.3, -0.25) is 4.79 Å².